The lowest BCUT2D eigenvalue weighted by Crippen LogP contribution is -2.61. The van der Waals surface area contributed by atoms with E-state index in [0.29, 0.717) is 28.1 Å². The van der Waals surface area contributed by atoms with E-state index in [1.165, 1.54) is 69.8 Å². The normalized spacial score (nSPS) is 49.3. The van der Waals surface area contributed by atoms with E-state index in [1.54, 1.807) is 0 Å². The van der Waals surface area contributed by atoms with Gasteiger partial charge in [0.05, 0.1) is 6.10 Å². The standard InChI is InChI=1S/C31H54O/c1-9-31-19-18-29(7)25(22(5)11-10-21(4)20(2)3)16-17-30(29,8)28(31)15-12-24-23(6)27(32)14-13-26(24)31/h20,22-28,32H,4,9-19H2,1-3,5-8H3/t22-,23+,24+,25-,26+,27+,28+,29-,30+,31+/m1/s1. The van der Waals surface area contributed by atoms with Gasteiger partial charge in [-0.05, 0) is 128 Å². The minimum absolute atomic E-state index is 0.0524. The third-order valence-corrected chi connectivity index (χ3v) is 12.9. The minimum Gasteiger partial charge on any atom is -0.393 e. The van der Waals surface area contributed by atoms with Crippen molar-refractivity contribution in [3.8, 4) is 0 Å². The molecule has 0 radical (unpaired) electrons. The summed E-state index contributed by atoms with van der Waals surface area (Å²) in [5, 5.41) is 10.6. The first-order valence-corrected chi connectivity index (χ1v) is 14.4. The molecule has 0 unspecified atom stereocenters. The lowest BCUT2D eigenvalue weighted by atomic mass is 9.37. The van der Waals surface area contributed by atoms with Crippen LogP contribution < -0.4 is 0 Å². The van der Waals surface area contributed by atoms with Crippen molar-refractivity contribution in [3.63, 3.8) is 0 Å². The van der Waals surface area contributed by atoms with Crippen LogP contribution in [0.25, 0.3) is 0 Å². The molecule has 4 fully saturated rings. The number of hydrogen-bond donors (Lipinski definition) is 1. The Balaban J connectivity index is 1.58. The molecular weight excluding hydrogens is 388 g/mol. The van der Waals surface area contributed by atoms with Gasteiger partial charge in [-0.3, -0.25) is 0 Å². The van der Waals surface area contributed by atoms with E-state index in [4.69, 9.17) is 0 Å². The zero-order valence-corrected chi connectivity index (χ0v) is 22.6. The fraction of sp³-hybridized carbons (Fsp3) is 0.935. The number of hydrogen-bond acceptors (Lipinski definition) is 1. The second-order valence-electron chi connectivity index (χ2n) is 13.8. The van der Waals surface area contributed by atoms with Crippen LogP contribution in [0, 0.1) is 57.7 Å². The van der Waals surface area contributed by atoms with E-state index in [-0.39, 0.29) is 6.10 Å². The van der Waals surface area contributed by atoms with Crippen molar-refractivity contribution in [2.45, 2.75) is 125 Å². The van der Waals surface area contributed by atoms with E-state index in [2.05, 4.69) is 55.0 Å². The second-order valence-corrected chi connectivity index (χ2v) is 13.8. The molecule has 0 aromatic carbocycles. The van der Waals surface area contributed by atoms with Gasteiger partial charge in [-0.15, -0.1) is 0 Å². The zero-order valence-electron chi connectivity index (χ0n) is 22.6. The molecule has 0 aromatic heterocycles. The van der Waals surface area contributed by atoms with Gasteiger partial charge in [0.1, 0.15) is 0 Å². The Hall–Kier alpha value is -0.300. The number of aliphatic hydroxyl groups is 1. The molecule has 4 aliphatic rings. The van der Waals surface area contributed by atoms with Crippen molar-refractivity contribution in [2.24, 2.45) is 57.7 Å². The third kappa shape index (κ3) is 3.49. The summed E-state index contributed by atoms with van der Waals surface area (Å²) in [6, 6.07) is 0. The predicted molar refractivity (Wildman–Crippen MR) is 137 cm³/mol. The van der Waals surface area contributed by atoms with Crippen molar-refractivity contribution in [3.05, 3.63) is 12.2 Å². The van der Waals surface area contributed by atoms with E-state index in [1.807, 2.05) is 0 Å². The second kappa shape index (κ2) is 8.73. The van der Waals surface area contributed by atoms with Crippen LogP contribution in [0.5, 0.6) is 0 Å². The highest BCUT2D eigenvalue weighted by Gasteiger charge is 2.68. The van der Waals surface area contributed by atoms with Gasteiger partial charge < -0.3 is 5.11 Å². The molecule has 4 rings (SSSR count). The molecule has 4 saturated carbocycles. The van der Waals surface area contributed by atoms with Gasteiger partial charge in [-0.2, -0.15) is 0 Å². The highest BCUT2D eigenvalue weighted by atomic mass is 16.3. The van der Waals surface area contributed by atoms with Crippen molar-refractivity contribution in [1.29, 1.82) is 0 Å². The highest BCUT2D eigenvalue weighted by molar-refractivity contribution is 5.17. The Bertz CT molecular complexity index is 695. The fourth-order valence-corrected chi connectivity index (χ4v) is 10.4. The van der Waals surface area contributed by atoms with Crippen LogP contribution in [0.3, 0.4) is 0 Å². The molecule has 10 atom stereocenters. The smallest absolute Gasteiger partial charge is 0.0568 e. The third-order valence-electron chi connectivity index (χ3n) is 12.9. The quantitative estimate of drug-likeness (QED) is 0.408. The van der Waals surface area contributed by atoms with E-state index < -0.39 is 0 Å². The number of aliphatic hydroxyl groups excluding tert-OH is 1. The number of allylic oxidation sites excluding steroid dienone is 1. The summed E-state index contributed by atoms with van der Waals surface area (Å²) in [5.41, 5.74) is 2.99. The van der Waals surface area contributed by atoms with E-state index in [0.717, 1.165) is 36.0 Å². The van der Waals surface area contributed by atoms with E-state index >= 15 is 0 Å². The van der Waals surface area contributed by atoms with E-state index in [9.17, 15) is 5.11 Å². The van der Waals surface area contributed by atoms with Crippen LogP contribution in [0.4, 0.5) is 0 Å². The Kier molecular flexibility index (Phi) is 6.77. The van der Waals surface area contributed by atoms with Crippen molar-refractivity contribution in [2.75, 3.05) is 0 Å². The Morgan fingerprint density at radius 3 is 2.34 bits per heavy atom. The van der Waals surface area contributed by atoms with Crippen LogP contribution in [0.1, 0.15) is 119 Å². The summed E-state index contributed by atoms with van der Waals surface area (Å²) >= 11 is 0. The Morgan fingerprint density at radius 1 is 0.969 bits per heavy atom. The molecule has 0 saturated heterocycles. The van der Waals surface area contributed by atoms with Gasteiger partial charge in [0.15, 0.2) is 0 Å². The molecule has 184 valence electrons. The van der Waals surface area contributed by atoms with Crippen molar-refractivity contribution in [1.82, 2.24) is 0 Å². The maximum absolute atomic E-state index is 10.6. The van der Waals surface area contributed by atoms with Gasteiger partial charge in [-0.25, -0.2) is 0 Å². The maximum Gasteiger partial charge on any atom is 0.0568 e. The van der Waals surface area contributed by atoms with Crippen LogP contribution >= 0.6 is 0 Å². The summed E-state index contributed by atoms with van der Waals surface area (Å²) in [5.74, 6) is 5.34. The predicted octanol–water partition coefficient (Wildman–Crippen LogP) is 8.66. The lowest BCUT2D eigenvalue weighted by Gasteiger charge is -2.68. The maximum atomic E-state index is 10.6. The van der Waals surface area contributed by atoms with Gasteiger partial charge in [0.2, 0.25) is 0 Å². The van der Waals surface area contributed by atoms with Gasteiger partial charge in [-0.1, -0.05) is 60.6 Å². The molecule has 0 amide bonds. The molecule has 4 aliphatic carbocycles. The van der Waals surface area contributed by atoms with Crippen LogP contribution in [-0.2, 0) is 0 Å². The molecule has 0 spiro atoms. The topological polar surface area (TPSA) is 20.2 Å². The molecule has 32 heavy (non-hydrogen) atoms. The Morgan fingerprint density at radius 2 is 1.69 bits per heavy atom. The molecule has 0 aromatic rings. The van der Waals surface area contributed by atoms with Gasteiger partial charge in [0, 0.05) is 0 Å². The molecule has 1 N–H and O–H groups in total. The largest absolute Gasteiger partial charge is 0.393 e. The molecule has 0 bridgehead atoms. The summed E-state index contributed by atoms with van der Waals surface area (Å²) in [6.07, 6.45) is 14.8. The summed E-state index contributed by atoms with van der Waals surface area (Å²) < 4.78 is 0. The average Bonchev–Trinajstić information content (AvgIpc) is 3.05. The van der Waals surface area contributed by atoms with Crippen molar-refractivity contribution >= 4 is 0 Å². The lowest BCUT2D eigenvalue weighted by molar-refractivity contribution is -0.196. The first-order chi connectivity index (χ1) is 15.0. The van der Waals surface area contributed by atoms with Gasteiger partial charge in [0.25, 0.3) is 0 Å². The molecule has 0 heterocycles. The van der Waals surface area contributed by atoms with Crippen LogP contribution in [0.2, 0.25) is 0 Å². The zero-order chi connectivity index (χ0) is 23.5. The molecule has 1 heteroatoms. The number of rotatable bonds is 6. The van der Waals surface area contributed by atoms with Gasteiger partial charge >= 0.3 is 0 Å². The summed E-state index contributed by atoms with van der Waals surface area (Å²) in [7, 11) is 0. The SMILES string of the molecule is C=C(CC[C@@H](C)[C@H]1CC[C@@]2(C)[C@@H]3CC[C@H]4[C@H](C)[C@@H](O)CC[C@@H]4[C@]3(CC)CC[C@]12C)C(C)C. The van der Waals surface area contributed by atoms with Crippen LogP contribution in [-0.4, -0.2) is 11.2 Å². The Labute approximate surface area is 200 Å². The molecule has 0 aliphatic heterocycles. The first-order valence-electron chi connectivity index (χ1n) is 14.4. The molecular formula is C31H54O. The van der Waals surface area contributed by atoms with Crippen molar-refractivity contribution < 1.29 is 5.11 Å². The molecule has 1 nitrogen and oxygen atoms in total. The summed E-state index contributed by atoms with van der Waals surface area (Å²) in [6.45, 7) is 21.9. The summed E-state index contributed by atoms with van der Waals surface area (Å²) in [4.78, 5) is 0. The van der Waals surface area contributed by atoms with Crippen LogP contribution in [0.15, 0.2) is 12.2 Å². The first kappa shape index (κ1) is 24.8. The minimum atomic E-state index is -0.0524. The fourth-order valence-electron chi connectivity index (χ4n) is 10.4. The monoisotopic (exact) mass is 442 g/mol. The average molecular weight is 443 g/mol. The highest BCUT2D eigenvalue weighted by Crippen LogP contribution is 2.76. The number of fused-ring (bicyclic) bond motifs is 5.